The van der Waals surface area contributed by atoms with Gasteiger partial charge in [0.05, 0.1) is 9.40 Å². The predicted molar refractivity (Wildman–Crippen MR) is 128 cm³/mol. The van der Waals surface area contributed by atoms with Gasteiger partial charge >= 0.3 is 0 Å². The second kappa shape index (κ2) is 9.82. The van der Waals surface area contributed by atoms with Gasteiger partial charge in [0.15, 0.2) is 0 Å². The molecule has 0 saturated carbocycles. The van der Waals surface area contributed by atoms with E-state index >= 15 is 0 Å². The number of fused-ring (bicyclic) bond motifs is 1. The molecule has 8 heteroatoms. The summed E-state index contributed by atoms with van der Waals surface area (Å²) in [4.78, 5) is 32.8. The number of hydrogen-bond acceptors (Lipinski definition) is 6. The first-order valence-electron chi connectivity index (χ1n) is 8.85. The van der Waals surface area contributed by atoms with Crippen molar-refractivity contribution in [3.63, 3.8) is 0 Å². The molecule has 0 N–H and O–H groups in total. The molecular weight excluding hydrogens is 453 g/mol. The molecule has 2 aromatic heterocycles. The Labute approximate surface area is 186 Å². The van der Waals surface area contributed by atoms with Crippen molar-refractivity contribution in [3.8, 4) is 0 Å². The van der Waals surface area contributed by atoms with Crippen LogP contribution in [0.1, 0.15) is 11.1 Å². The zero-order valence-electron chi connectivity index (χ0n) is 15.4. The molecule has 0 aliphatic carbocycles. The second-order valence-electron chi connectivity index (χ2n) is 5.99. The molecule has 0 saturated heterocycles. The van der Waals surface area contributed by atoms with Gasteiger partial charge in [-0.15, -0.1) is 0 Å². The van der Waals surface area contributed by atoms with Crippen LogP contribution in [0.4, 0.5) is 0 Å². The number of amides is 2. The lowest BCUT2D eigenvalue weighted by Gasteiger charge is -1.89. The fourth-order valence-corrected chi connectivity index (χ4v) is 8.47. The molecule has 30 heavy (non-hydrogen) atoms. The highest BCUT2D eigenvalue weighted by molar-refractivity contribution is 7.78. The average Bonchev–Trinajstić information content (AvgIpc) is 3.36. The van der Waals surface area contributed by atoms with Gasteiger partial charge in [-0.05, 0) is 23.3 Å². The van der Waals surface area contributed by atoms with Gasteiger partial charge in [-0.2, -0.15) is 9.98 Å². The summed E-state index contributed by atoms with van der Waals surface area (Å²) in [5.41, 5.74) is 1.89. The minimum atomic E-state index is -0.312. The molecule has 0 aliphatic heterocycles. The monoisotopic (exact) mass is 466 g/mol. The van der Waals surface area contributed by atoms with Crippen molar-refractivity contribution >= 4 is 74.7 Å². The summed E-state index contributed by atoms with van der Waals surface area (Å²) in [6.45, 7) is 0. The van der Waals surface area contributed by atoms with Crippen LogP contribution in [0.5, 0.6) is 0 Å². The normalized spacial score (nSPS) is 13.1. The van der Waals surface area contributed by atoms with Crippen LogP contribution >= 0.6 is 41.4 Å². The molecule has 0 aliphatic rings. The molecule has 0 bridgehead atoms. The van der Waals surface area contributed by atoms with Crippen LogP contribution < -0.4 is 9.34 Å². The van der Waals surface area contributed by atoms with E-state index in [4.69, 9.17) is 0 Å². The van der Waals surface area contributed by atoms with E-state index in [9.17, 15) is 9.59 Å². The van der Waals surface area contributed by atoms with Crippen LogP contribution in [0.2, 0.25) is 0 Å². The van der Waals surface area contributed by atoms with E-state index in [1.807, 2.05) is 60.7 Å². The number of benzene rings is 2. The van der Waals surface area contributed by atoms with Crippen LogP contribution in [0.15, 0.2) is 82.8 Å². The standard InChI is InChI=1S/C22H14N2O2S4/c25-17(13-11-15-7-3-1-4-8-15)23-21-19-20(28-29-21)22(30-27-19)24-18(26)14-12-16-9-5-2-6-10-16/h1-14H/b13-11+,14-12+,23-21?,24-22?. The third kappa shape index (κ3) is 5.22. The third-order valence-corrected chi connectivity index (χ3v) is 8.90. The van der Waals surface area contributed by atoms with Gasteiger partial charge in [0.2, 0.25) is 0 Å². The Hall–Kier alpha value is -2.78. The Morgan fingerprint density at radius 2 is 1.00 bits per heavy atom. The van der Waals surface area contributed by atoms with Crippen molar-refractivity contribution in [2.75, 3.05) is 0 Å². The molecular formula is C22H14N2O2S4. The lowest BCUT2D eigenvalue weighted by molar-refractivity contribution is -0.114. The molecule has 0 spiro atoms. The Morgan fingerprint density at radius 3 is 1.40 bits per heavy atom. The van der Waals surface area contributed by atoms with Crippen molar-refractivity contribution in [2.24, 2.45) is 9.98 Å². The molecule has 2 amide bonds. The second-order valence-corrected chi connectivity index (χ2v) is 10.2. The molecule has 0 atom stereocenters. The van der Waals surface area contributed by atoms with Crippen molar-refractivity contribution in [1.29, 1.82) is 0 Å². The first-order valence-corrected chi connectivity index (χ1v) is 13.1. The van der Waals surface area contributed by atoms with E-state index in [-0.39, 0.29) is 11.8 Å². The van der Waals surface area contributed by atoms with E-state index in [1.54, 1.807) is 12.2 Å². The maximum absolute atomic E-state index is 12.2. The number of hydrogen-bond donors (Lipinski definition) is 0. The van der Waals surface area contributed by atoms with Gasteiger partial charge in [0, 0.05) is 12.2 Å². The average molecular weight is 467 g/mol. The van der Waals surface area contributed by atoms with Crippen molar-refractivity contribution in [3.05, 3.63) is 93.3 Å². The Bertz CT molecular complexity index is 1260. The fourth-order valence-electron chi connectivity index (χ4n) is 2.46. The molecule has 4 aromatic rings. The van der Waals surface area contributed by atoms with Gasteiger partial charge in [-0.3, -0.25) is 9.59 Å². The minimum Gasteiger partial charge on any atom is -0.267 e. The van der Waals surface area contributed by atoms with Crippen LogP contribution in [0.25, 0.3) is 21.6 Å². The lowest BCUT2D eigenvalue weighted by atomic mass is 10.2. The molecule has 148 valence electrons. The van der Waals surface area contributed by atoms with Crippen molar-refractivity contribution in [1.82, 2.24) is 0 Å². The van der Waals surface area contributed by atoms with Crippen LogP contribution in [0, 0.1) is 0 Å². The zero-order valence-corrected chi connectivity index (χ0v) is 18.7. The predicted octanol–water partition coefficient (Wildman–Crippen LogP) is 5.37. The summed E-state index contributed by atoms with van der Waals surface area (Å²) >= 11 is 0. The first-order chi connectivity index (χ1) is 14.7. The fraction of sp³-hybridized carbons (Fsp3) is 0. The highest BCUT2D eigenvalue weighted by Gasteiger charge is 2.08. The highest BCUT2D eigenvalue weighted by Crippen LogP contribution is 2.24. The quantitative estimate of drug-likeness (QED) is 0.300. The number of carbonyl (C=O) groups excluding carboxylic acids is 2. The van der Waals surface area contributed by atoms with Gasteiger partial charge in [0.1, 0.15) is 9.34 Å². The van der Waals surface area contributed by atoms with Crippen LogP contribution in [-0.2, 0) is 9.59 Å². The Balaban J connectivity index is 1.56. The van der Waals surface area contributed by atoms with Gasteiger partial charge in [0.25, 0.3) is 11.8 Å². The zero-order chi connectivity index (χ0) is 20.8. The summed E-state index contributed by atoms with van der Waals surface area (Å²) in [5, 5.41) is 0. The van der Waals surface area contributed by atoms with Crippen LogP contribution in [0.3, 0.4) is 0 Å². The Morgan fingerprint density at radius 1 is 0.600 bits per heavy atom. The minimum absolute atomic E-state index is 0.312. The first kappa shape index (κ1) is 20.5. The largest absolute Gasteiger partial charge is 0.271 e. The van der Waals surface area contributed by atoms with Gasteiger partial charge in [-0.1, -0.05) is 102 Å². The maximum Gasteiger partial charge on any atom is 0.271 e. The molecule has 0 radical (unpaired) electrons. The number of nitrogens with zero attached hydrogens (tertiary/aromatic N) is 2. The van der Waals surface area contributed by atoms with Gasteiger partial charge in [-0.25, -0.2) is 0 Å². The van der Waals surface area contributed by atoms with Crippen molar-refractivity contribution < 1.29 is 9.59 Å². The molecule has 4 rings (SSSR count). The Kier molecular flexibility index (Phi) is 6.70. The van der Waals surface area contributed by atoms with E-state index in [1.165, 1.54) is 53.5 Å². The molecule has 4 nitrogen and oxygen atoms in total. The summed E-state index contributed by atoms with van der Waals surface area (Å²) in [6, 6.07) is 19.2. The van der Waals surface area contributed by atoms with Crippen LogP contribution in [-0.4, -0.2) is 11.8 Å². The molecule has 2 aromatic carbocycles. The number of rotatable bonds is 4. The molecule has 2 heterocycles. The summed E-state index contributed by atoms with van der Waals surface area (Å²) < 4.78 is 3.12. The third-order valence-electron chi connectivity index (χ3n) is 3.86. The molecule has 0 fully saturated rings. The van der Waals surface area contributed by atoms with Gasteiger partial charge < -0.3 is 0 Å². The van der Waals surface area contributed by atoms with E-state index in [0.29, 0.717) is 9.34 Å². The van der Waals surface area contributed by atoms with E-state index in [0.717, 1.165) is 20.5 Å². The van der Waals surface area contributed by atoms with E-state index < -0.39 is 0 Å². The topological polar surface area (TPSA) is 58.9 Å². The smallest absolute Gasteiger partial charge is 0.267 e. The maximum atomic E-state index is 12.2. The summed E-state index contributed by atoms with van der Waals surface area (Å²) in [6.07, 6.45) is 6.42. The SMILES string of the molecule is O=C(/C=C/c1ccccc1)N=c1ssc2c(=NC(=O)/C=C/c3ccccc3)ssc12. The summed E-state index contributed by atoms with van der Waals surface area (Å²) in [7, 11) is 5.80. The highest BCUT2D eigenvalue weighted by atomic mass is 32.9. The number of carbonyl (C=O) groups is 2. The van der Waals surface area contributed by atoms with E-state index in [2.05, 4.69) is 9.98 Å². The van der Waals surface area contributed by atoms with Crippen molar-refractivity contribution in [2.45, 2.75) is 0 Å². The molecule has 0 unspecified atom stereocenters. The lowest BCUT2D eigenvalue weighted by Crippen LogP contribution is -2.00. The summed E-state index contributed by atoms with van der Waals surface area (Å²) in [5.74, 6) is -0.623.